The van der Waals surface area contributed by atoms with Crippen LogP contribution in [0.1, 0.15) is 36.8 Å². The highest BCUT2D eigenvalue weighted by Crippen LogP contribution is 2.33. The highest BCUT2D eigenvalue weighted by atomic mass is 35.5. The lowest BCUT2D eigenvalue weighted by Crippen LogP contribution is -2.54. The van der Waals surface area contributed by atoms with Gasteiger partial charge in [0.1, 0.15) is 0 Å². The Morgan fingerprint density at radius 3 is 2.23 bits per heavy atom. The third kappa shape index (κ3) is 9.05. The third-order valence-electron chi connectivity index (χ3n) is 10.1. The summed E-state index contributed by atoms with van der Waals surface area (Å²) in [6, 6.07) is 11.6. The van der Waals surface area contributed by atoms with Gasteiger partial charge in [0.25, 0.3) is 5.91 Å². The van der Waals surface area contributed by atoms with Crippen LogP contribution in [0.2, 0.25) is 10.0 Å². The van der Waals surface area contributed by atoms with Crippen LogP contribution in [-0.2, 0) is 27.2 Å². The molecule has 262 valence electrons. The molecular weight excluding hydrogens is 655 g/mol. The molecule has 3 heterocycles. The molecule has 0 aromatic heterocycles. The lowest BCUT2D eigenvalue weighted by atomic mass is 10.0. The van der Waals surface area contributed by atoms with Crippen molar-refractivity contribution < 1.29 is 24.2 Å². The minimum Gasteiger partial charge on any atom is -0.505 e. The van der Waals surface area contributed by atoms with E-state index in [-0.39, 0.29) is 34.2 Å². The van der Waals surface area contributed by atoms with Crippen molar-refractivity contribution in [1.82, 2.24) is 24.5 Å². The van der Waals surface area contributed by atoms with Crippen LogP contribution in [-0.4, -0.2) is 139 Å². The number of nitrogens with one attached hydrogen (secondary N) is 1. The molecule has 3 saturated heterocycles. The summed E-state index contributed by atoms with van der Waals surface area (Å²) >= 11 is 12.4. The molecule has 1 atom stereocenters. The van der Waals surface area contributed by atoms with Gasteiger partial charge >= 0.3 is 6.09 Å². The van der Waals surface area contributed by atoms with Crippen molar-refractivity contribution in [2.45, 2.75) is 56.7 Å². The molecule has 0 aliphatic carbocycles. The second kappa shape index (κ2) is 16.9. The molecule has 0 radical (unpaired) electrons. The number of piperidine rings is 2. The molecule has 5 rings (SSSR count). The average Bonchev–Trinajstić information content (AvgIpc) is 3.11. The van der Waals surface area contributed by atoms with Gasteiger partial charge in [-0.1, -0.05) is 41.4 Å². The van der Waals surface area contributed by atoms with Gasteiger partial charge in [-0.15, -0.1) is 0 Å². The molecule has 0 unspecified atom stereocenters. The van der Waals surface area contributed by atoms with E-state index in [0.717, 1.165) is 63.1 Å². The van der Waals surface area contributed by atoms with Gasteiger partial charge in [-0.3, -0.25) is 14.5 Å². The monoisotopic (exact) mass is 702 g/mol. The molecule has 11 nitrogen and oxygen atoms in total. The highest BCUT2D eigenvalue weighted by molar-refractivity contribution is 6.37. The first kappa shape index (κ1) is 36.0. The van der Waals surface area contributed by atoms with Gasteiger partial charge in [-0.05, 0) is 68.5 Å². The summed E-state index contributed by atoms with van der Waals surface area (Å²) < 4.78 is 5.97. The molecule has 13 heteroatoms. The number of likely N-dealkylation sites (N-methyl/N-ethyl adjacent to an activating group) is 1. The van der Waals surface area contributed by atoms with Gasteiger partial charge in [-0.2, -0.15) is 0 Å². The summed E-state index contributed by atoms with van der Waals surface area (Å²) in [4.78, 5) is 49.6. The van der Waals surface area contributed by atoms with Crippen molar-refractivity contribution in [3.63, 3.8) is 0 Å². The van der Waals surface area contributed by atoms with Crippen LogP contribution in [0.15, 0.2) is 36.4 Å². The van der Waals surface area contributed by atoms with Crippen molar-refractivity contribution in [3.05, 3.63) is 57.6 Å². The molecule has 3 amide bonds. The van der Waals surface area contributed by atoms with E-state index in [1.54, 1.807) is 21.9 Å². The number of phenolic OH excluding ortho intramolecular Hbond substituents is 1. The topological polar surface area (TPSA) is 109 Å². The highest BCUT2D eigenvalue weighted by Gasteiger charge is 2.35. The minimum atomic E-state index is -1.08. The zero-order valence-corrected chi connectivity index (χ0v) is 29.5. The maximum atomic E-state index is 13.9. The van der Waals surface area contributed by atoms with Crippen molar-refractivity contribution >= 4 is 47.3 Å². The van der Waals surface area contributed by atoms with Gasteiger partial charge in [0.05, 0.1) is 10.0 Å². The van der Waals surface area contributed by atoms with E-state index >= 15 is 0 Å². The van der Waals surface area contributed by atoms with E-state index in [0.29, 0.717) is 57.2 Å². The molecule has 2 aromatic rings. The number of benzene rings is 2. The number of aromatic hydroxyl groups is 1. The van der Waals surface area contributed by atoms with Crippen LogP contribution in [0.3, 0.4) is 0 Å². The maximum absolute atomic E-state index is 13.9. The van der Waals surface area contributed by atoms with Crippen LogP contribution in [0.25, 0.3) is 0 Å². The van der Waals surface area contributed by atoms with Crippen molar-refractivity contribution in [2.24, 2.45) is 0 Å². The van der Waals surface area contributed by atoms with Crippen LogP contribution >= 0.6 is 23.2 Å². The number of para-hydroxylation sites is 1. The summed E-state index contributed by atoms with van der Waals surface area (Å²) in [5.41, 5.74) is 2.77. The van der Waals surface area contributed by atoms with E-state index in [9.17, 15) is 19.5 Å². The molecule has 48 heavy (non-hydrogen) atoms. The summed E-state index contributed by atoms with van der Waals surface area (Å²) in [6.07, 6.45) is 3.03. The van der Waals surface area contributed by atoms with Gasteiger partial charge in [0, 0.05) is 90.1 Å². The second-order valence-electron chi connectivity index (χ2n) is 13.1. The number of nitrogens with zero attached hydrogens (tertiary/aromatic N) is 5. The predicted octanol–water partition coefficient (Wildman–Crippen LogP) is 4.19. The first-order chi connectivity index (χ1) is 23.2. The fourth-order valence-electron chi connectivity index (χ4n) is 7.10. The van der Waals surface area contributed by atoms with Gasteiger partial charge in [0.15, 0.2) is 11.9 Å². The number of ether oxygens (including phenoxy) is 1. The fourth-order valence-corrected chi connectivity index (χ4v) is 7.63. The maximum Gasteiger partial charge on any atom is 0.410 e. The molecule has 0 spiro atoms. The molecule has 3 aliphatic heterocycles. The van der Waals surface area contributed by atoms with E-state index in [2.05, 4.69) is 28.2 Å². The van der Waals surface area contributed by atoms with E-state index in [1.165, 1.54) is 0 Å². The van der Waals surface area contributed by atoms with Gasteiger partial charge in [0.2, 0.25) is 6.41 Å². The van der Waals surface area contributed by atoms with E-state index < -0.39 is 12.2 Å². The number of halogens is 2. The standard InChI is InChI=1S/C35H48Cl2N6O5/c1-38-31-6-4-3-5-26(31)7-12-43(24-44)28-10-15-42(16-11-28)35(47)48-32(23-25-21-29(36)33(45)30(37)22-25)34(46)41-13-8-27(9-14-41)40-19-17-39(2)18-20-40/h3-6,21-22,24,27-28,32,38,45H,7-20,23H2,1-2H3/t32-/m1/s1. The lowest BCUT2D eigenvalue weighted by molar-refractivity contribution is -0.142. The minimum absolute atomic E-state index is 0.00797. The van der Waals surface area contributed by atoms with E-state index in [4.69, 9.17) is 27.9 Å². The molecule has 0 saturated carbocycles. The summed E-state index contributed by atoms with van der Waals surface area (Å²) in [5.74, 6) is -0.476. The van der Waals surface area contributed by atoms with Gasteiger partial charge in [-0.25, -0.2) is 4.79 Å². The number of amides is 3. The summed E-state index contributed by atoms with van der Waals surface area (Å²) in [6.45, 7) is 6.74. The van der Waals surface area contributed by atoms with Crippen LogP contribution in [0.5, 0.6) is 5.75 Å². The summed E-state index contributed by atoms with van der Waals surface area (Å²) in [7, 11) is 4.03. The Labute approximate surface area is 293 Å². The van der Waals surface area contributed by atoms with Crippen molar-refractivity contribution in [2.75, 3.05) is 78.3 Å². The quantitative estimate of drug-likeness (QED) is 0.336. The fraction of sp³-hybridized carbons (Fsp3) is 0.571. The second-order valence-corrected chi connectivity index (χ2v) is 13.9. The number of carbonyl (C=O) groups is 3. The normalized spacial score (nSPS) is 19.2. The zero-order valence-electron chi connectivity index (χ0n) is 28.0. The Bertz CT molecular complexity index is 1380. The predicted molar refractivity (Wildman–Crippen MR) is 188 cm³/mol. The first-order valence-electron chi connectivity index (χ1n) is 17.0. The number of likely N-dealkylation sites (tertiary alicyclic amines) is 2. The molecule has 2 N–H and O–H groups in total. The van der Waals surface area contributed by atoms with Crippen LogP contribution < -0.4 is 5.32 Å². The molecule has 3 fully saturated rings. The molecular formula is C35H48Cl2N6O5. The summed E-state index contributed by atoms with van der Waals surface area (Å²) in [5, 5.41) is 13.4. The first-order valence-corrected chi connectivity index (χ1v) is 17.7. The zero-order chi connectivity index (χ0) is 34.2. The Morgan fingerprint density at radius 1 is 0.979 bits per heavy atom. The van der Waals surface area contributed by atoms with Crippen molar-refractivity contribution in [1.29, 1.82) is 0 Å². The largest absolute Gasteiger partial charge is 0.505 e. The Hall–Kier alpha value is -3.25. The third-order valence-corrected chi connectivity index (χ3v) is 10.7. The molecule has 3 aliphatic rings. The SMILES string of the molecule is CNc1ccccc1CCN(C=O)C1CCN(C(=O)O[C@H](Cc2cc(Cl)c(O)c(Cl)c2)C(=O)N2CCC(N3CCN(C)CC3)CC2)CC1. The van der Waals surface area contributed by atoms with Gasteiger partial charge < -0.3 is 34.8 Å². The Morgan fingerprint density at radius 2 is 1.60 bits per heavy atom. The smallest absolute Gasteiger partial charge is 0.410 e. The van der Waals surface area contributed by atoms with Crippen LogP contribution in [0, 0.1) is 0 Å². The molecule has 0 bridgehead atoms. The number of phenols is 1. The number of anilines is 1. The average molecular weight is 704 g/mol. The number of piperazine rings is 1. The Balaban J connectivity index is 1.19. The van der Waals surface area contributed by atoms with Crippen LogP contribution in [0.4, 0.5) is 10.5 Å². The lowest BCUT2D eigenvalue weighted by Gasteiger charge is -2.42. The van der Waals surface area contributed by atoms with Crippen molar-refractivity contribution in [3.8, 4) is 5.75 Å². The van der Waals surface area contributed by atoms with E-state index in [1.807, 2.05) is 30.1 Å². The number of rotatable bonds is 11. The Kier molecular flexibility index (Phi) is 12.7. The number of carbonyl (C=O) groups excluding carboxylic acids is 3. The number of hydrogen-bond acceptors (Lipinski definition) is 8. The molecule has 2 aromatic carbocycles. The number of hydrogen-bond donors (Lipinski definition) is 2.